The van der Waals surface area contributed by atoms with E-state index in [1.165, 1.54) is 22.5 Å². The average Bonchev–Trinajstić information content (AvgIpc) is 2.85. The van der Waals surface area contributed by atoms with E-state index in [1.54, 1.807) is 6.20 Å². The van der Waals surface area contributed by atoms with Gasteiger partial charge in [0.15, 0.2) is 5.13 Å². The lowest BCUT2D eigenvalue weighted by atomic mass is 10.1. The Labute approximate surface area is 117 Å². The van der Waals surface area contributed by atoms with Gasteiger partial charge in [-0.2, -0.15) is 0 Å². The Hall–Kier alpha value is -1.88. The average molecular weight is 275 g/mol. The lowest BCUT2D eigenvalue weighted by Crippen LogP contribution is -2.30. The molecule has 1 aromatic carbocycles. The molecule has 0 atom stereocenters. The maximum Gasteiger partial charge on any atom is 0.245 e. The minimum absolute atomic E-state index is 0.0571. The summed E-state index contributed by atoms with van der Waals surface area (Å²) in [6.45, 7) is 4.45. The van der Waals surface area contributed by atoms with E-state index >= 15 is 0 Å². The van der Waals surface area contributed by atoms with E-state index in [0.717, 1.165) is 5.69 Å². The Kier molecular flexibility index (Phi) is 4.16. The second kappa shape index (κ2) is 5.84. The van der Waals surface area contributed by atoms with Crippen LogP contribution in [-0.2, 0) is 4.79 Å². The zero-order valence-corrected chi connectivity index (χ0v) is 12.1. The molecule has 5 heteroatoms. The van der Waals surface area contributed by atoms with Crippen LogP contribution in [0.2, 0.25) is 0 Å². The summed E-state index contributed by atoms with van der Waals surface area (Å²) in [5.41, 5.74) is 3.51. The lowest BCUT2D eigenvalue weighted by molar-refractivity contribution is -0.114. The molecule has 0 aliphatic carbocycles. The van der Waals surface area contributed by atoms with Crippen molar-refractivity contribution < 1.29 is 4.79 Å². The van der Waals surface area contributed by atoms with E-state index in [9.17, 15) is 4.79 Å². The molecule has 1 N–H and O–H groups in total. The number of nitrogens with one attached hydrogen (secondary N) is 1. The number of anilines is 2. The van der Waals surface area contributed by atoms with E-state index in [4.69, 9.17) is 0 Å². The first-order valence-corrected chi connectivity index (χ1v) is 6.92. The summed E-state index contributed by atoms with van der Waals surface area (Å²) < 4.78 is 0. The van der Waals surface area contributed by atoms with E-state index in [2.05, 4.69) is 30.2 Å². The van der Waals surface area contributed by atoms with Crippen LogP contribution in [0.25, 0.3) is 0 Å². The Morgan fingerprint density at radius 2 is 2.21 bits per heavy atom. The van der Waals surface area contributed by atoms with Gasteiger partial charge >= 0.3 is 0 Å². The summed E-state index contributed by atoms with van der Waals surface area (Å²) in [6.07, 6.45) is 1.68. The van der Waals surface area contributed by atoms with Crippen LogP contribution >= 0.6 is 11.3 Å². The van der Waals surface area contributed by atoms with Crippen LogP contribution < -0.4 is 10.2 Å². The molecule has 4 nitrogen and oxygen atoms in total. The Bertz CT molecular complexity index is 566. The Balaban J connectivity index is 2.02. The molecule has 1 heterocycles. The molecule has 0 fully saturated rings. The molecule has 1 aromatic heterocycles. The van der Waals surface area contributed by atoms with Crippen molar-refractivity contribution in [2.45, 2.75) is 13.8 Å². The van der Waals surface area contributed by atoms with Crippen LogP contribution in [0.5, 0.6) is 0 Å². The van der Waals surface area contributed by atoms with Gasteiger partial charge in [0.1, 0.15) is 0 Å². The lowest BCUT2D eigenvalue weighted by Gasteiger charge is -2.21. The largest absolute Gasteiger partial charge is 0.365 e. The number of carbonyl (C=O) groups excluding carboxylic acids is 1. The topological polar surface area (TPSA) is 45.2 Å². The highest BCUT2D eigenvalue weighted by molar-refractivity contribution is 7.13. The van der Waals surface area contributed by atoms with Crippen molar-refractivity contribution in [3.8, 4) is 0 Å². The van der Waals surface area contributed by atoms with E-state index < -0.39 is 0 Å². The smallest absolute Gasteiger partial charge is 0.245 e. The van der Waals surface area contributed by atoms with Crippen LogP contribution in [-0.4, -0.2) is 24.5 Å². The molecule has 0 saturated heterocycles. The summed E-state index contributed by atoms with van der Waals surface area (Å²) in [4.78, 5) is 17.9. The molecule has 0 bridgehead atoms. The number of likely N-dealkylation sites (N-methyl/N-ethyl adjacent to an activating group) is 1. The van der Waals surface area contributed by atoms with Crippen molar-refractivity contribution in [2.24, 2.45) is 0 Å². The van der Waals surface area contributed by atoms with E-state index in [1.807, 2.05) is 29.5 Å². The van der Waals surface area contributed by atoms with Gasteiger partial charge in [-0.25, -0.2) is 4.98 Å². The number of hydrogen-bond donors (Lipinski definition) is 1. The monoisotopic (exact) mass is 275 g/mol. The number of aryl methyl sites for hydroxylation is 1. The molecule has 100 valence electrons. The first-order chi connectivity index (χ1) is 9.08. The number of benzene rings is 1. The van der Waals surface area contributed by atoms with Crippen LogP contribution in [0.15, 0.2) is 29.8 Å². The molecular formula is C14H17N3OS. The standard InChI is InChI=1S/C14H17N3OS/c1-10-5-4-6-12(11(10)2)17(3)9-13(18)16-14-15-7-8-19-14/h4-8H,9H2,1-3H3,(H,15,16,18). The number of amides is 1. The molecule has 2 aromatic rings. The summed E-state index contributed by atoms with van der Waals surface area (Å²) in [7, 11) is 1.92. The van der Waals surface area contributed by atoms with Gasteiger partial charge in [-0.1, -0.05) is 12.1 Å². The predicted molar refractivity (Wildman–Crippen MR) is 79.9 cm³/mol. The van der Waals surface area contributed by atoms with Gasteiger partial charge in [0.05, 0.1) is 6.54 Å². The SMILES string of the molecule is Cc1cccc(N(C)CC(=O)Nc2nccs2)c1C. The van der Waals surface area contributed by atoms with Gasteiger partial charge < -0.3 is 10.2 Å². The van der Waals surface area contributed by atoms with Crippen molar-refractivity contribution in [2.75, 3.05) is 23.8 Å². The molecule has 0 saturated carbocycles. The number of nitrogens with zero attached hydrogens (tertiary/aromatic N) is 2. The molecule has 0 radical (unpaired) electrons. The molecule has 0 unspecified atom stereocenters. The van der Waals surface area contributed by atoms with Crippen LogP contribution in [0.4, 0.5) is 10.8 Å². The van der Waals surface area contributed by atoms with Gasteiger partial charge in [0, 0.05) is 24.3 Å². The van der Waals surface area contributed by atoms with Crippen LogP contribution in [0.1, 0.15) is 11.1 Å². The quantitative estimate of drug-likeness (QED) is 0.933. The fourth-order valence-corrected chi connectivity index (χ4v) is 2.44. The number of carbonyl (C=O) groups is 1. The second-order valence-electron chi connectivity index (χ2n) is 4.46. The number of aromatic nitrogens is 1. The van der Waals surface area contributed by atoms with Crippen molar-refractivity contribution >= 4 is 28.1 Å². The third kappa shape index (κ3) is 3.32. The highest BCUT2D eigenvalue weighted by Crippen LogP contribution is 2.21. The zero-order valence-electron chi connectivity index (χ0n) is 11.3. The fourth-order valence-electron chi connectivity index (χ4n) is 1.89. The third-order valence-corrected chi connectivity index (χ3v) is 3.74. The summed E-state index contributed by atoms with van der Waals surface area (Å²) in [6, 6.07) is 6.11. The molecule has 2 rings (SSSR count). The van der Waals surface area contributed by atoms with Crippen molar-refractivity contribution in [3.63, 3.8) is 0 Å². The normalized spacial score (nSPS) is 10.3. The highest BCUT2D eigenvalue weighted by Gasteiger charge is 2.11. The molecule has 0 aliphatic rings. The van der Waals surface area contributed by atoms with Gasteiger partial charge in [-0.3, -0.25) is 4.79 Å². The van der Waals surface area contributed by atoms with Gasteiger partial charge in [0.25, 0.3) is 0 Å². The fraction of sp³-hybridized carbons (Fsp3) is 0.286. The first kappa shape index (κ1) is 13.5. The Morgan fingerprint density at radius 1 is 1.42 bits per heavy atom. The first-order valence-electron chi connectivity index (χ1n) is 6.04. The molecule has 0 aliphatic heterocycles. The minimum atomic E-state index is -0.0571. The number of thiazole rings is 1. The maximum absolute atomic E-state index is 11.9. The summed E-state index contributed by atoms with van der Waals surface area (Å²) in [5, 5.41) is 5.26. The third-order valence-electron chi connectivity index (χ3n) is 3.05. The second-order valence-corrected chi connectivity index (χ2v) is 5.36. The molecular weight excluding hydrogens is 258 g/mol. The van der Waals surface area contributed by atoms with Gasteiger partial charge in [-0.15, -0.1) is 11.3 Å². The van der Waals surface area contributed by atoms with Crippen molar-refractivity contribution in [1.82, 2.24) is 4.98 Å². The van der Waals surface area contributed by atoms with E-state index in [-0.39, 0.29) is 5.91 Å². The maximum atomic E-state index is 11.9. The van der Waals surface area contributed by atoms with Crippen molar-refractivity contribution in [3.05, 3.63) is 40.9 Å². The zero-order chi connectivity index (χ0) is 13.8. The number of rotatable bonds is 4. The predicted octanol–water partition coefficient (Wildman–Crippen LogP) is 2.83. The molecule has 1 amide bonds. The molecule has 19 heavy (non-hydrogen) atoms. The number of hydrogen-bond acceptors (Lipinski definition) is 4. The van der Waals surface area contributed by atoms with Crippen LogP contribution in [0, 0.1) is 13.8 Å². The van der Waals surface area contributed by atoms with Gasteiger partial charge in [-0.05, 0) is 31.0 Å². The van der Waals surface area contributed by atoms with E-state index in [0.29, 0.717) is 11.7 Å². The summed E-state index contributed by atoms with van der Waals surface area (Å²) in [5.74, 6) is -0.0571. The summed E-state index contributed by atoms with van der Waals surface area (Å²) >= 11 is 1.42. The highest BCUT2D eigenvalue weighted by atomic mass is 32.1. The Morgan fingerprint density at radius 3 is 2.89 bits per heavy atom. The van der Waals surface area contributed by atoms with Gasteiger partial charge in [0.2, 0.25) is 5.91 Å². The van der Waals surface area contributed by atoms with Crippen molar-refractivity contribution in [1.29, 1.82) is 0 Å². The molecule has 0 spiro atoms. The minimum Gasteiger partial charge on any atom is -0.365 e. The van der Waals surface area contributed by atoms with Crippen LogP contribution in [0.3, 0.4) is 0 Å².